The zero-order valence-electron chi connectivity index (χ0n) is 17.5. The van der Waals surface area contributed by atoms with Gasteiger partial charge in [-0.05, 0) is 61.2 Å². The Labute approximate surface area is 182 Å². The van der Waals surface area contributed by atoms with Crippen LogP contribution >= 0.6 is 11.8 Å². The Bertz CT molecular complexity index is 1020. The van der Waals surface area contributed by atoms with E-state index in [4.69, 9.17) is 9.84 Å². The second-order valence-electron chi connectivity index (χ2n) is 7.28. The standard InChI is InChI=1S/C26H26O3S/c1-18-6-4-8-21(14-18)24(22-9-5-7-19(2)15-22)12-13-30-23-10-11-25(20(3)16-23)29-17-26(27)28/h4-12,14-16H,13,17H2,1-3H3,(H,27,28). The maximum absolute atomic E-state index is 10.7. The van der Waals surface area contributed by atoms with Gasteiger partial charge >= 0.3 is 5.97 Å². The quantitative estimate of drug-likeness (QED) is 0.436. The van der Waals surface area contributed by atoms with Gasteiger partial charge in [0.15, 0.2) is 6.61 Å². The van der Waals surface area contributed by atoms with Gasteiger partial charge in [-0.2, -0.15) is 0 Å². The number of carboxylic acids is 1. The molecule has 3 nitrogen and oxygen atoms in total. The third-order valence-electron chi connectivity index (χ3n) is 4.69. The van der Waals surface area contributed by atoms with E-state index in [1.807, 2.05) is 25.1 Å². The molecule has 0 unspecified atom stereocenters. The minimum absolute atomic E-state index is 0.327. The first-order chi connectivity index (χ1) is 14.4. The Balaban J connectivity index is 1.79. The van der Waals surface area contributed by atoms with Crippen LogP contribution in [-0.2, 0) is 4.79 Å². The largest absolute Gasteiger partial charge is 0.482 e. The van der Waals surface area contributed by atoms with Crippen LogP contribution in [0.25, 0.3) is 5.57 Å². The van der Waals surface area contributed by atoms with E-state index in [2.05, 4.69) is 68.5 Å². The Morgan fingerprint density at radius 3 is 2.10 bits per heavy atom. The van der Waals surface area contributed by atoms with Crippen molar-refractivity contribution in [3.63, 3.8) is 0 Å². The number of ether oxygens (including phenoxy) is 1. The van der Waals surface area contributed by atoms with E-state index in [0.717, 1.165) is 16.2 Å². The zero-order valence-corrected chi connectivity index (χ0v) is 18.3. The first kappa shape index (κ1) is 21.7. The van der Waals surface area contributed by atoms with Gasteiger partial charge in [-0.15, -0.1) is 11.8 Å². The fourth-order valence-electron chi connectivity index (χ4n) is 3.26. The van der Waals surface area contributed by atoms with Crippen molar-refractivity contribution in [2.45, 2.75) is 25.7 Å². The Kier molecular flexibility index (Phi) is 7.36. The summed E-state index contributed by atoms with van der Waals surface area (Å²) in [4.78, 5) is 11.8. The van der Waals surface area contributed by atoms with Crippen LogP contribution in [0, 0.1) is 20.8 Å². The molecule has 0 bridgehead atoms. The van der Waals surface area contributed by atoms with E-state index in [9.17, 15) is 4.79 Å². The molecule has 0 saturated heterocycles. The summed E-state index contributed by atoms with van der Waals surface area (Å²) in [5.41, 5.74) is 7.08. The minimum Gasteiger partial charge on any atom is -0.482 e. The van der Waals surface area contributed by atoms with Gasteiger partial charge in [-0.25, -0.2) is 4.79 Å². The lowest BCUT2D eigenvalue weighted by Gasteiger charge is -2.11. The summed E-state index contributed by atoms with van der Waals surface area (Å²) in [5.74, 6) is 0.460. The molecule has 3 aromatic rings. The number of rotatable bonds is 8. The zero-order chi connectivity index (χ0) is 21.5. The van der Waals surface area contributed by atoms with Crippen molar-refractivity contribution >= 4 is 23.3 Å². The fraction of sp³-hybridized carbons (Fsp3) is 0.192. The lowest BCUT2D eigenvalue weighted by Crippen LogP contribution is -2.09. The number of hydrogen-bond acceptors (Lipinski definition) is 3. The second-order valence-corrected chi connectivity index (χ2v) is 8.37. The highest BCUT2D eigenvalue weighted by molar-refractivity contribution is 7.99. The van der Waals surface area contributed by atoms with Gasteiger partial charge < -0.3 is 9.84 Å². The van der Waals surface area contributed by atoms with Gasteiger partial charge in [0, 0.05) is 10.6 Å². The summed E-state index contributed by atoms with van der Waals surface area (Å²) in [6.45, 7) is 5.83. The first-order valence-corrected chi connectivity index (χ1v) is 10.8. The van der Waals surface area contributed by atoms with Gasteiger partial charge in [0.1, 0.15) is 5.75 Å². The molecule has 0 aromatic heterocycles. The summed E-state index contributed by atoms with van der Waals surface area (Å²) in [6, 6.07) is 23.0. The SMILES string of the molecule is Cc1cccc(C(=CCSc2ccc(OCC(=O)O)c(C)c2)c2cccc(C)c2)c1. The van der Waals surface area contributed by atoms with E-state index in [0.29, 0.717) is 5.75 Å². The maximum Gasteiger partial charge on any atom is 0.341 e. The lowest BCUT2D eigenvalue weighted by atomic mass is 9.95. The third kappa shape index (κ3) is 6.01. The predicted octanol–water partition coefficient (Wildman–Crippen LogP) is 6.30. The van der Waals surface area contributed by atoms with Crippen LogP contribution in [0.3, 0.4) is 0 Å². The maximum atomic E-state index is 10.7. The molecule has 154 valence electrons. The van der Waals surface area contributed by atoms with Crippen LogP contribution in [0.1, 0.15) is 27.8 Å². The van der Waals surface area contributed by atoms with Gasteiger partial charge in [0.2, 0.25) is 0 Å². The van der Waals surface area contributed by atoms with Crippen molar-refractivity contribution in [2.24, 2.45) is 0 Å². The van der Waals surface area contributed by atoms with E-state index in [-0.39, 0.29) is 6.61 Å². The molecule has 3 rings (SSSR count). The molecule has 4 heteroatoms. The van der Waals surface area contributed by atoms with E-state index >= 15 is 0 Å². The number of thioether (sulfide) groups is 1. The number of carboxylic acid groups (broad SMARTS) is 1. The van der Waals surface area contributed by atoms with Crippen LogP contribution in [0.4, 0.5) is 0 Å². The molecule has 1 N–H and O–H groups in total. The number of hydrogen-bond donors (Lipinski definition) is 1. The average molecular weight is 419 g/mol. The molecule has 0 saturated carbocycles. The van der Waals surface area contributed by atoms with Crippen molar-refractivity contribution in [1.29, 1.82) is 0 Å². The lowest BCUT2D eigenvalue weighted by molar-refractivity contribution is -0.139. The highest BCUT2D eigenvalue weighted by atomic mass is 32.2. The summed E-state index contributed by atoms with van der Waals surface area (Å²) in [7, 11) is 0. The van der Waals surface area contributed by atoms with Crippen LogP contribution in [0.2, 0.25) is 0 Å². The summed E-state index contributed by atoms with van der Waals surface area (Å²) >= 11 is 1.75. The third-order valence-corrected chi connectivity index (χ3v) is 5.61. The molecule has 0 amide bonds. The van der Waals surface area contributed by atoms with Crippen LogP contribution in [0.15, 0.2) is 77.7 Å². The van der Waals surface area contributed by atoms with Crippen LogP contribution in [0.5, 0.6) is 5.75 Å². The second kappa shape index (κ2) is 10.2. The first-order valence-electron chi connectivity index (χ1n) is 9.84. The van der Waals surface area contributed by atoms with Gasteiger partial charge in [-0.1, -0.05) is 65.7 Å². The molecule has 0 heterocycles. The van der Waals surface area contributed by atoms with Crippen molar-refractivity contribution < 1.29 is 14.6 Å². The smallest absolute Gasteiger partial charge is 0.341 e. The molecule has 3 aromatic carbocycles. The van der Waals surface area contributed by atoms with Crippen molar-refractivity contribution in [1.82, 2.24) is 0 Å². The van der Waals surface area contributed by atoms with E-state index < -0.39 is 5.97 Å². The Morgan fingerprint density at radius 2 is 1.57 bits per heavy atom. The molecular formula is C26H26O3S. The van der Waals surface area contributed by atoms with Crippen molar-refractivity contribution in [2.75, 3.05) is 12.4 Å². The molecule has 0 radical (unpaired) electrons. The van der Waals surface area contributed by atoms with Gasteiger partial charge in [0.25, 0.3) is 0 Å². The van der Waals surface area contributed by atoms with Gasteiger partial charge in [-0.3, -0.25) is 0 Å². The predicted molar refractivity (Wildman–Crippen MR) is 124 cm³/mol. The number of carbonyl (C=O) groups is 1. The van der Waals surface area contributed by atoms with E-state index in [1.54, 1.807) is 11.8 Å². The summed E-state index contributed by atoms with van der Waals surface area (Å²) in [5, 5.41) is 8.77. The topological polar surface area (TPSA) is 46.5 Å². The Hall–Kier alpha value is -2.98. The summed E-state index contributed by atoms with van der Waals surface area (Å²) in [6.07, 6.45) is 2.28. The number of aliphatic carboxylic acids is 1. The highest BCUT2D eigenvalue weighted by Gasteiger charge is 2.07. The van der Waals surface area contributed by atoms with Crippen molar-refractivity contribution in [3.05, 3.63) is 101 Å². The summed E-state index contributed by atoms with van der Waals surface area (Å²) < 4.78 is 5.31. The molecule has 0 atom stereocenters. The highest BCUT2D eigenvalue weighted by Crippen LogP contribution is 2.29. The molecule has 30 heavy (non-hydrogen) atoms. The fourth-order valence-corrected chi connectivity index (χ4v) is 4.13. The van der Waals surface area contributed by atoms with Crippen LogP contribution < -0.4 is 4.74 Å². The normalized spacial score (nSPS) is 10.5. The molecular weight excluding hydrogens is 392 g/mol. The van der Waals surface area contributed by atoms with E-state index in [1.165, 1.54) is 27.8 Å². The average Bonchev–Trinajstić information content (AvgIpc) is 2.70. The molecule has 0 spiro atoms. The monoisotopic (exact) mass is 418 g/mol. The van der Waals surface area contributed by atoms with Gasteiger partial charge in [0.05, 0.1) is 0 Å². The van der Waals surface area contributed by atoms with Crippen molar-refractivity contribution in [3.8, 4) is 5.75 Å². The number of benzene rings is 3. The van der Waals surface area contributed by atoms with Crippen LogP contribution in [-0.4, -0.2) is 23.4 Å². The molecule has 0 aliphatic heterocycles. The number of aryl methyl sites for hydroxylation is 3. The Morgan fingerprint density at radius 1 is 0.933 bits per heavy atom. The molecule has 0 aliphatic rings. The molecule has 0 fully saturated rings. The molecule has 0 aliphatic carbocycles. The minimum atomic E-state index is -0.974.